The minimum Gasteiger partial charge on any atom is -0.352 e. The number of hydrogen-bond donors (Lipinski definition) is 1. The summed E-state index contributed by atoms with van der Waals surface area (Å²) >= 11 is 0. The molecule has 0 unspecified atom stereocenters. The highest BCUT2D eigenvalue weighted by molar-refractivity contribution is 5.94. The van der Waals surface area contributed by atoms with Crippen molar-refractivity contribution >= 4 is 5.91 Å². The van der Waals surface area contributed by atoms with Gasteiger partial charge in [-0.1, -0.05) is 13.0 Å². The van der Waals surface area contributed by atoms with Gasteiger partial charge in [0.25, 0.3) is 5.91 Å². The number of nitrogens with zero attached hydrogens (tertiary/aromatic N) is 4. The Morgan fingerprint density at radius 1 is 1.26 bits per heavy atom. The Morgan fingerprint density at radius 3 is 2.91 bits per heavy atom. The maximum atomic E-state index is 12.3. The van der Waals surface area contributed by atoms with Crippen LogP contribution in [0.1, 0.15) is 17.3 Å². The molecular formula is C17H19N5O. The molecule has 0 bridgehead atoms. The normalized spacial score (nSPS) is 12.0. The molecule has 3 aromatic rings. The van der Waals surface area contributed by atoms with Gasteiger partial charge in [-0.15, -0.1) is 0 Å². The van der Waals surface area contributed by atoms with Gasteiger partial charge in [0.05, 0.1) is 12.0 Å². The van der Waals surface area contributed by atoms with E-state index in [1.54, 1.807) is 23.4 Å². The third kappa shape index (κ3) is 3.85. The van der Waals surface area contributed by atoms with Crippen molar-refractivity contribution in [1.82, 2.24) is 24.6 Å². The number of carbonyl (C=O) groups is 1. The SMILES string of the molecule is C[C@H](CNC(=O)c1cccc(-n2cccn2)c1)Cn1ccnc1. The van der Waals surface area contributed by atoms with E-state index in [2.05, 4.69) is 22.3 Å². The third-order valence-corrected chi connectivity index (χ3v) is 3.57. The van der Waals surface area contributed by atoms with Crippen LogP contribution in [0.15, 0.2) is 61.4 Å². The Labute approximate surface area is 134 Å². The molecule has 0 aliphatic carbocycles. The van der Waals surface area contributed by atoms with Gasteiger partial charge in [0.1, 0.15) is 0 Å². The second-order valence-electron chi connectivity index (χ2n) is 5.58. The second kappa shape index (κ2) is 6.91. The Morgan fingerprint density at radius 2 is 2.17 bits per heavy atom. The van der Waals surface area contributed by atoms with Gasteiger partial charge in [-0.2, -0.15) is 5.10 Å². The fourth-order valence-electron chi connectivity index (χ4n) is 2.40. The quantitative estimate of drug-likeness (QED) is 0.758. The summed E-state index contributed by atoms with van der Waals surface area (Å²) in [6.07, 6.45) is 9.03. The number of rotatable bonds is 6. The minimum absolute atomic E-state index is 0.0727. The lowest BCUT2D eigenvalue weighted by Gasteiger charge is -2.13. The number of aromatic nitrogens is 4. The summed E-state index contributed by atoms with van der Waals surface area (Å²) in [7, 11) is 0. The molecule has 1 aromatic carbocycles. The zero-order valence-corrected chi connectivity index (χ0v) is 13.0. The van der Waals surface area contributed by atoms with Crippen LogP contribution in [-0.4, -0.2) is 31.8 Å². The van der Waals surface area contributed by atoms with E-state index < -0.39 is 0 Å². The lowest BCUT2D eigenvalue weighted by Crippen LogP contribution is -2.29. The molecule has 2 heterocycles. The Kier molecular flexibility index (Phi) is 4.52. The molecule has 2 aromatic heterocycles. The molecule has 1 atom stereocenters. The van der Waals surface area contributed by atoms with E-state index >= 15 is 0 Å². The number of carbonyl (C=O) groups excluding carboxylic acids is 1. The van der Waals surface area contributed by atoms with E-state index in [0.717, 1.165) is 12.2 Å². The molecule has 3 rings (SSSR count). The summed E-state index contributed by atoms with van der Waals surface area (Å²) in [6.45, 7) is 3.54. The van der Waals surface area contributed by atoms with Crippen LogP contribution in [0.3, 0.4) is 0 Å². The van der Waals surface area contributed by atoms with Crippen LogP contribution >= 0.6 is 0 Å². The van der Waals surface area contributed by atoms with Crippen LogP contribution in [0.25, 0.3) is 5.69 Å². The lowest BCUT2D eigenvalue weighted by molar-refractivity contribution is 0.0947. The maximum absolute atomic E-state index is 12.3. The molecule has 6 nitrogen and oxygen atoms in total. The van der Waals surface area contributed by atoms with Gasteiger partial charge >= 0.3 is 0 Å². The molecule has 6 heteroatoms. The van der Waals surface area contributed by atoms with Crippen molar-refractivity contribution in [1.29, 1.82) is 0 Å². The summed E-state index contributed by atoms with van der Waals surface area (Å²) in [6, 6.07) is 9.28. The van der Waals surface area contributed by atoms with Crippen LogP contribution in [0, 0.1) is 5.92 Å². The van der Waals surface area contributed by atoms with Crippen molar-refractivity contribution in [2.24, 2.45) is 5.92 Å². The predicted molar refractivity (Wildman–Crippen MR) is 87.3 cm³/mol. The molecule has 0 spiro atoms. The van der Waals surface area contributed by atoms with Crippen LogP contribution in [0.5, 0.6) is 0 Å². The topological polar surface area (TPSA) is 64.7 Å². The highest BCUT2D eigenvalue weighted by Crippen LogP contribution is 2.10. The van der Waals surface area contributed by atoms with Crippen molar-refractivity contribution < 1.29 is 4.79 Å². The Hall–Kier alpha value is -2.89. The van der Waals surface area contributed by atoms with Crippen LogP contribution in [0.4, 0.5) is 0 Å². The van der Waals surface area contributed by atoms with E-state index in [-0.39, 0.29) is 5.91 Å². The fourth-order valence-corrected chi connectivity index (χ4v) is 2.40. The highest BCUT2D eigenvalue weighted by Gasteiger charge is 2.09. The first kappa shape index (κ1) is 15.0. The smallest absolute Gasteiger partial charge is 0.251 e. The molecular weight excluding hydrogens is 290 g/mol. The molecule has 23 heavy (non-hydrogen) atoms. The first-order valence-electron chi connectivity index (χ1n) is 7.56. The number of imidazole rings is 1. The summed E-state index contributed by atoms with van der Waals surface area (Å²) < 4.78 is 3.74. The number of benzene rings is 1. The van der Waals surface area contributed by atoms with E-state index in [0.29, 0.717) is 18.0 Å². The van der Waals surface area contributed by atoms with Crippen LogP contribution in [0.2, 0.25) is 0 Å². The van der Waals surface area contributed by atoms with Gasteiger partial charge < -0.3 is 9.88 Å². The number of nitrogens with one attached hydrogen (secondary N) is 1. The van der Waals surface area contributed by atoms with Crippen LogP contribution < -0.4 is 5.32 Å². The van der Waals surface area contributed by atoms with Gasteiger partial charge in [-0.25, -0.2) is 9.67 Å². The first-order chi connectivity index (χ1) is 11.2. The summed E-state index contributed by atoms with van der Waals surface area (Å²) in [5.74, 6) is 0.249. The maximum Gasteiger partial charge on any atom is 0.251 e. The monoisotopic (exact) mass is 309 g/mol. The van der Waals surface area contributed by atoms with E-state index in [4.69, 9.17) is 0 Å². The van der Waals surface area contributed by atoms with Gasteiger partial charge in [0, 0.05) is 43.4 Å². The van der Waals surface area contributed by atoms with E-state index in [1.165, 1.54) is 0 Å². The molecule has 0 aliphatic rings. The second-order valence-corrected chi connectivity index (χ2v) is 5.58. The summed E-state index contributed by atoms with van der Waals surface area (Å²) in [5, 5.41) is 7.16. The van der Waals surface area contributed by atoms with Crippen molar-refractivity contribution in [3.8, 4) is 5.69 Å². The highest BCUT2D eigenvalue weighted by atomic mass is 16.1. The zero-order chi connectivity index (χ0) is 16.1. The van der Waals surface area contributed by atoms with Gasteiger partial charge in [-0.05, 0) is 30.2 Å². The van der Waals surface area contributed by atoms with E-state index in [1.807, 2.05) is 47.3 Å². The molecule has 1 amide bonds. The average Bonchev–Trinajstić information content (AvgIpc) is 3.26. The van der Waals surface area contributed by atoms with Gasteiger partial charge in [0.15, 0.2) is 0 Å². The van der Waals surface area contributed by atoms with Gasteiger partial charge in [-0.3, -0.25) is 4.79 Å². The van der Waals surface area contributed by atoms with Crippen molar-refractivity contribution in [3.63, 3.8) is 0 Å². The molecule has 1 N–H and O–H groups in total. The standard InChI is InChI=1S/C17H19N5O/c1-14(12-21-9-7-18-13-21)11-19-17(23)15-4-2-5-16(10-15)22-8-3-6-20-22/h2-10,13-14H,11-12H2,1H3,(H,19,23)/t14-/m1/s1. The molecule has 0 saturated carbocycles. The Bertz CT molecular complexity index is 749. The Balaban J connectivity index is 1.59. The fraction of sp³-hybridized carbons (Fsp3) is 0.235. The van der Waals surface area contributed by atoms with Crippen molar-refractivity contribution in [2.75, 3.05) is 6.54 Å². The van der Waals surface area contributed by atoms with Gasteiger partial charge in [0.2, 0.25) is 0 Å². The average molecular weight is 309 g/mol. The molecule has 0 fully saturated rings. The summed E-state index contributed by atoms with van der Waals surface area (Å²) in [5.41, 5.74) is 1.50. The number of hydrogen-bond acceptors (Lipinski definition) is 3. The third-order valence-electron chi connectivity index (χ3n) is 3.57. The minimum atomic E-state index is -0.0727. The van der Waals surface area contributed by atoms with Crippen molar-refractivity contribution in [3.05, 3.63) is 67.0 Å². The lowest BCUT2D eigenvalue weighted by atomic mass is 10.1. The zero-order valence-electron chi connectivity index (χ0n) is 13.0. The molecule has 118 valence electrons. The van der Waals surface area contributed by atoms with Crippen LogP contribution in [-0.2, 0) is 6.54 Å². The number of amides is 1. The van der Waals surface area contributed by atoms with Crippen molar-refractivity contribution in [2.45, 2.75) is 13.5 Å². The largest absolute Gasteiger partial charge is 0.352 e. The summed E-state index contributed by atoms with van der Waals surface area (Å²) in [4.78, 5) is 16.3. The molecule has 0 radical (unpaired) electrons. The molecule has 0 saturated heterocycles. The molecule has 0 aliphatic heterocycles. The van der Waals surface area contributed by atoms with E-state index in [9.17, 15) is 4.79 Å². The predicted octanol–water partition coefficient (Wildman–Crippen LogP) is 2.13. The first-order valence-corrected chi connectivity index (χ1v) is 7.56.